The lowest BCUT2D eigenvalue weighted by molar-refractivity contribution is 0.341. The Kier molecular flexibility index (Phi) is 5.37. The number of rotatable bonds is 6. The third-order valence-corrected chi connectivity index (χ3v) is 4.60. The summed E-state index contributed by atoms with van der Waals surface area (Å²) in [5, 5.41) is 3.02. The Morgan fingerprint density at radius 3 is 2.09 bits per heavy atom. The molecule has 0 aromatic heterocycles. The molecule has 0 aliphatic carbocycles. The van der Waals surface area contributed by atoms with Gasteiger partial charge in [-0.05, 0) is 30.2 Å². The van der Waals surface area contributed by atoms with E-state index in [1.54, 1.807) is 31.4 Å². The van der Waals surface area contributed by atoms with Crippen LogP contribution < -0.4 is 10.1 Å². The van der Waals surface area contributed by atoms with Gasteiger partial charge in [-0.1, -0.05) is 42.5 Å². The molecule has 0 heterocycles. The van der Waals surface area contributed by atoms with Gasteiger partial charge in [0.1, 0.15) is 11.5 Å². The number of hydrogen-bond acceptors (Lipinski definition) is 3. The average molecular weight is 321 g/mol. The highest BCUT2D eigenvalue weighted by molar-refractivity contribution is 7.52. The molecule has 0 aliphatic rings. The lowest BCUT2D eigenvalue weighted by Crippen LogP contribution is -2.24. The molecule has 0 saturated heterocycles. The number of hydrogen-bond donors (Lipinski definition) is 3. The molecule has 0 unspecified atom stereocenters. The third-order valence-electron chi connectivity index (χ3n) is 3.48. The van der Waals surface area contributed by atoms with Crippen LogP contribution in [-0.2, 0) is 4.57 Å². The van der Waals surface area contributed by atoms with Gasteiger partial charge in [0, 0.05) is 6.04 Å². The van der Waals surface area contributed by atoms with E-state index in [0.717, 1.165) is 5.56 Å². The highest BCUT2D eigenvalue weighted by atomic mass is 31.2. The normalized spacial score (nSPS) is 14.4. The molecule has 118 valence electrons. The molecule has 2 aromatic rings. The maximum atomic E-state index is 11.9. The van der Waals surface area contributed by atoms with Crippen LogP contribution in [-0.4, -0.2) is 16.9 Å². The van der Waals surface area contributed by atoms with Gasteiger partial charge in [-0.3, -0.25) is 9.88 Å². The Bertz CT molecular complexity index is 639. The zero-order valence-corrected chi connectivity index (χ0v) is 13.4. The molecule has 0 aliphatic heterocycles. The maximum Gasteiger partial charge on any atom is 0.346 e. The molecule has 5 nitrogen and oxygen atoms in total. The van der Waals surface area contributed by atoms with Gasteiger partial charge in [0.05, 0.1) is 7.11 Å². The molecule has 0 saturated carbocycles. The fourth-order valence-electron chi connectivity index (χ4n) is 2.25. The Labute approximate surface area is 130 Å². The first-order valence-corrected chi connectivity index (χ1v) is 8.60. The maximum absolute atomic E-state index is 11.9. The van der Waals surface area contributed by atoms with Crippen molar-refractivity contribution in [1.29, 1.82) is 0 Å². The molecule has 3 N–H and O–H groups in total. The molecule has 2 rings (SSSR count). The Morgan fingerprint density at radius 1 is 1.00 bits per heavy atom. The second-order valence-electron chi connectivity index (χ2n) is 5.06. The smallest absolute Gasteiger partial charge is 0.346 e. The molecular weight excluding hydrogens is 301 g/mol. The topological polar surface area (TPSA) is 78.8 Å². The van der Waals surface area contributed by atoms with E-state index in [1.807, 2.05) is 37.3 Å². The van der Waals surface area contributed by atoms with E-state index in [2.05, 4.69) is 5.32 Å². The van der Waals surface area contributed by atoms with Crippen LogP contribution in [0.4, 0.5) is 0 Å². The van der Waals surface area contributed by atoms with Crippen LogP contribution in [0.25, 0.3) is 0 Å². The van der Waals surface area contributed by atoms with E-state index in [0.29, 0.717) is 11.3 Å². The summed E-state index contributed by atoms with van der Waals surface area (Å²) in [6, 6.07) is 16.0. The van der Waals surface area contributed by atoms with Crippen molar-refractivity contribution in [3.05, 3.63) is 65.7 Å². The average Bonchev–Trinajstić information content (AvgIpc) is 2.52. The Hall–Kier alpha value is -1.65. The standard InChI is InChI=1S/C16H20NO4P/c1-12(13-6-4-3-5-7-13)17-16(22(18,19)20)14-8-10-15(21-2)11-9-14/h3-12,16-17H,1-2H3,(H2,18,19,20)/t12-,16+/m1/s1. The minimum Gasteiger partial charge on any atom is -0.497 e. The van der Waals surface area contributed by atoms with E-state index in [-0.39, 0.29) is 6.04 Å². The first-order valence-electron chi connectivity index (χ1n) is 6.92. The van der Waals surface area contributed by atoms with Gasteiger partial charge in [-0.25, -0.2) is 0 Å². The molecule has 0 amide bonds. The van der Waals surface area contributed by atoms with Crippen molar-refractivity contribution in [3.63, 3.8) is 0 Å². The van der Waals surface area contributed by atoms with E-state index in [1.165, 1.54) is 0 Å². The van der Waals surface area contributed by atoms with Crippen molar-refractivity contribution < 1.29 is 19.1 Å². The molecule has 2 atom stereocenters. The lowest BCUT2D eigenvalue weighted by Gasteiger charge is -2.25. The van der Waals surface area contributed by atoms with Crippen molar-refractivity contribution in [2.45, 2.75) is 18.7 Å². The Morgan fingerprint density at radius 2 is 1.59 bits per heavy atom. The van der Waals surface area contributed by atoms with Crippen LogP contribution in [0, 0.1) is 0 Å². The molecule has 0 spiro atoms. The molecule has 0 fully saturated rings. The predicted octanol–water partition coefficient (Wildman–Crippen LogP) is 3.22. The van der Waals surface area contributed by atoms with Crippen LogP contribution in [0.1, 0.15) is 29.9 Å². The van der Waals surface area contributed by atoms with Crippen LogP contribution >= 0.6 is 7.60 Å². The summed E-state index contributed by atoms with van der Waals surface area (Å²) in [6.07, 6.45) is 0. The van der Waals surface area contributed by atoms with Gasteiger partial charge in [-0.2, -0.15) is 0 Å². The van der Waals surface area contributed by atoms with Crippen LogP contribution in [0.2, 0.25) is 0 Å². The van der Waals surface area contributed by atoms with Gasteiger partial charge in [0.25, 0.3) is 0 Å². The molecule has 6 heteroatoms. The van der Waals surface area contributed by atoms with E-state index >= 15 is 0 Å². The SMILES string of the molecule is COc1ccc([C@@H](N[C@H](C)c2ccccc2)P(=O)(O)O)cc1. The molecule has 0 radical (unpaired) electrons. The lowest BCUT2D eigenvalue weighted by atomic mass is 10.1. The highest BCUT2D eigenvalue weighted by Crippen LogP contribution is 2.51. The summed E-state index contributed by atoms with van der Waals surface area (Å²) >= 11 is 0. The number of ether oxygens (including phenoxy) is 1. The van der Waals surface area contributed by atoms with Gasteiger partial charge >= 0.3 is 7.60 Å². The fourth-order valence-corrected chi connectivity index (χ4v) is 3.23. The summed E-state index contributed by atoms with van der Waals surface area (Å²) in [6.45, 7) is 1.88. The van der Waals surface area contributed by atoms with Crippen molar-refractivity contribution in [3.8, 4) is 5.75 Å². The summed E-state index contributed by atoms with van der Waals surface area (Å²) < 4.78 is 16.9. The molecule has 0 bridgehead atoms. The predicted molar refractivity (Wildman–Crippen MR) is 85.8 cm³/mol. The first kappa shape index (κ1) is 16.7. The summed E-state index contributed by atoms with van der Waals surface area (Å²) in [5.74, 6) is -0.419. The van der Waals surface area contributed by atoms with Crippen LogP contribution in [0.3, 0.4) is 0 Å². The molecule has 22 heavy (non-hydrogen) atoms. The zero-order valence-electron chi connectivity index (χ0n) is 12.5. The van der Waals surface area contributed by atoms with Crippen molar-refractivity contribution in [2.24, 2.45) is 0 Å². The second-order valence-corrected chi connectivity index (χ2v) is 6.76. The minimum absolute atomic E-state index is 0.194. The van der Waals surface area contributed by atoms with Crippen LogP contribution in [0.5, 0.6) is 5.75 Å². The summed E-state index contributed by atoms with van der Waals surface area (Å²) in [7, 11) is -2.80. The molecule has 2 aromatic carbocycles. The minimum atomic E-state index is -4.35. The van der Waals surface area contributed by atoms with Gasteiger partial charge < -0.3 is 14.5 Å². The molecular formula is C16H20NO4P. The monoisotopic (exact) mass is 321 g/mol. The summed E-state index contributed by atoms with van der Waals surface area (Å²) in [5.41, 5.74) is 1.49. The largest absolute Gasteiger partial charge is 0.497 e. The zero-order chi connectivity index (χ0) is 16.2. The van der Waals surface area contributed by atoms with Crippen molar-refractivity contribution in [1.82, 2.24) is 5.32 Å². The van der Waals surface area contributed by atoms with Gasteiger partial charge in [0.2, 0.25) is 0 Å². The second kappa shape index (κ2) is 7.07. The van der Waals surface area contributed by atoms with E-state index < -0.39 is 13.4 Å². The fraction of sp³-hybridized carbons (Fsp3) is 0.250. The third kappa shape index (κ3) is 4.18. The highest BCUT2D eigenvalue weighted by Gasteiger charge is 2.31. The number of nitrogens with one attached hydrogen (secondary N) is 1. The van der Waals surface area contributed by atoms with Crippen molar-refractivity contribution in [2.75, 3.05) is 7.11 Å². The first-order chi connectivity index (χ1) is 10.4. The quantitative estimate of drug-likeness (QED) is 0.712. The van der Waals surface area contributed by atoms with E-state index in [4.69, 9.17) is 4.74 Å². The summed E-state index contributed by atoms with van der Waals surface area (Å²) in [4.78, 5) is 19.3. The Balaban J connectivity index is 2.25. The van der Waals surface area contributed by atoms with Crippen molar-refractivity contribution >= 4 is 7.60 Å². The number of benzene rings is 2. The van der Waals surface area contributed by atoms with Gasteiger partial charge in [0.15, 0.2) is 0 Å². The number of methoxy groups -OCH3 is 1. The van der Waals surface area contributed by atoms with Gasteiger partial charge in [-0.15, -0.1) is 0 Å². The van der Waals surface area contributed by atoms with Crippen LogP contribution in [0.15, 0.2) is 54.6 Å². The van der Waals surface area contributed by atoms with E-state index in [9.17, 15) is 14.4 Å².